The lowest BCUT2D eigenvalue weighted by Gasteiger charge is -2.21. The van der Waals surface area contributed by atoms with Crippen LogP contribution in [0.5, 0.6) is 0 Å². The van der Waals surface area contributed by atoms with E-state index in [2.05, 4.69) is 20.7 Å². The number of aromatic nitrogens is 3. The van der Waals surface area contributed by atoms with Crippen LogP contribution in [0, 0.1) is 5.92 Å². The van der Waals surface area contributed by atoms with Gasteiger partial charge in [0.05, 0.1) is 11.9 Å². The molecule has 1 aliphatic rings. The first-order valence-corrected chi connectivity index (χ1v) is 9.55. The Morgan fingerprint density at radius 1 is 1.38 bits per heavy atom. The number of hydrogen-bond donors (Lipinski definition) is 2. The van der Waals surface area contributed by atoms with Crippen molar-refractivity contribution in [3.05, 3.63) is 30.5 Å². The highest BCUT2D eigenvalue weighted by Crippen LogP contribution is 2.28. The summed E-state index contributed by atoms with van der Waals surface area (Å²) in [5.74, 6) is 0.544. The summed E-state index contributed by atoms with van der Waals surface area (Å²) in [6.07, 6.45) is 4.00. The Morgan fingerprint density at radius 2 is 2.23 bits per heavy atom. The maximum absolute atomic E-state index is 11.3. The summed E-state index contributed by atoms with van der Waals surface area (Å²) in [7, 11) is 0. The molecule has 2 aromatic heterocycles. The molecule has 7 nitrogen and oxygen atoms in total. The molecule has 0 aliphatic carbocycles. The van der Waals surface area contributed by atoms with Gasteiger partial charge in [-0.1, -0.05) is 23.5 Å². The second-order valence-corrected chi connectivity index (χ2v) is 7.40. The van der Waals surface area contributed by atoms with Crippen LogP contribution in [0.2, 0.25) is 0 Å². The number of imidazole rings is 1. The lowest BCUT2D eigenvalue weighted by molar-refractivity contribution is -0.114. The molecule has 1 fully saturated rings. The molecular formula is C18H21N5O2S. The second-order valence-electron chi connectivity index (χ2n) is 6.44. The first kappa shape index (κ1) is 17.0. The molecule has 1 saturated heterocycles. The number of carbonyl (C=O) groups excluding carboxylic acids is 1. The summed E-state index contributed by atoms with van der Waals surface area (Å²) >= 11 is 1.54. The molecule has 1 aromatic carbocycles. The standard InChI is InChI=1S/C18H21N5O2S/c1-12(24)21-15-4-2-3-14(9-15)16-11-20-18-23(16)22-17(26-18)19-10-13-5-7-25-8-6-13/h2-4,9,11,13H,5-8,10H2,1H3,(H,19,22)(H,21,24). The monoisotopic (exact) mass is 371 g/mol. The van der Waals surface area contributed by atoms with Gasteiger partial charge in [0.15, 0.2) is 0 Å². The number of ether oxygens (including phenoxy) is 1. The Kier molecular flexibility index (Phi) is 4.85. The molecule has 0 bridgehead atoms. The number of rotatable bonds is 5. The van der Waals surface area contributed by atoms with Crippen molar-refractivity contribution in [2.24, 2.45) is 5.92 Å². The van der Waals surface area contributed by atoms with Crippen LogP contribution in [0.1, 0.15) is 19.8 Å². The average molecular weight is 371 g/mol. The van der Waals surface area contributed by atoms with E-state index in [9.17, 15) is 4.79 Å². The average Bonchev–Trinajstić information content (AvgIpc) is 3.20. The number of carbonyl (C=O) groups is 1. The maximum atomic E-state index is 11.3. The third-order valence-electron chi connectivity index (χ3n) is 4.45. The molecule has 8 heteroatoms. The number of nitrogens with zero attached hydrogens (tertiary/aromatic N) is 3. The zero-order valence-corrected chi connectivity index (χ0v) is 15.4. The van der Waals surface area contributed by atoms with Crippen LogP contribution in [-0.2, 0) is 9.53 Å². The molecule has 1 amide bonds. The van der Waals surface area contributed by atoms with E-state index in [0.29, 0.717) is 5.92 Å². The van der Waals surface area contributed by atoms with E-state index in [0.717, 1.165) is 59.6 Å². The van der Waals surface area contributed by atoms with E-state index in [1.54, 1.807) is 11.3 Å². The van der Waals surface area contributed by atoms with Gasteiger partial charge in [-0.05, 0) is 30.9 Å². The fraction of sp³-hybridized carbons (Fsp3) is 0.389. The number of hydrogen-bond acceptors (Lipinski definition) is 6. The van der Waals surface area contributed by atoms with Crippen LogP contribution in [0.4, 0.5) is 10.8 Å². The number of fused-ring (bicyclic) bond motifs is 1. The van der Waals surface area contributed by atoms with Crippen molar-refractivity contribution < 1.29 is 9.53 Å². The van der Waals surface area contributed by atoms with Gasteiger partial charge in [0, 0.05) is 37.9 Å². The van der Waals surface area contributed by atoms with Crippen molar-refractivity contribution in [3.63, 3.8) is 0 Å². The van der Waals surface area contributed by atoms with Gasteiger partial charge in [-0.25, -0.2) is 9.50 Å². The zero-order valence-electron chi connectivity index (χ0n) is 14.6. The van der Waals surface area contributed by atoms with Crippen LogP contribution in [0.3, 0.4) is 0 Å². The zero-order chi connectivity index (χ0) is 17.9. The summed E-state index contributed by atoms with van der Waals surface area (Å²) in [6, 6.07) is 7.70. The molecule has 0 saturated carbocycles. The van der Waals surface area contributed by atoms with Crippen LogP contribution in [-0.4, -0.2) is 40.3 Å². The lowest BCUT2D eigenvalue weighted by Crippen LogP contribution is -2.22. The highest BCUT2D eigenvalue weighted by Gasteiger charge is 2.16. The van der Waals surface area contributed by atoms with Crippen molar-refractivity contribution in [1.29, 1.82) is 0 Å². The molecule has 3 heterocycles. The molecule has 1 aliphatic heterocycles. The van der Waals surface area contributed by atoms with Crippen LogP contribution in [0.25, 0.3) is 16.2 Å². The Morgan fingerprint density at radius 3 is 3.04 bits per heavy atom. The van der Waals surface area contributed by atoms with Crippen molar-refractivity contribution in [2.75, 3.05) is 30.4 Å². The fourth-order valence-corrected chi connectivity index (χ4v) is 3.88. The maximum Gasteiger partial charge on any atom is 0.221 e. The Hall–Kier alpha value is -2.45. The van der Waals surface area contributed by atoms with Gasteiger partial charge < -0.3 is 15.4 Å². The van der Waals surface area contributed by atoms with E-state index in [-0.39, 0.29) is 5.91 Å². The van der Waals surface area contributed by atoms with Gasteiger partial charge in [0.2, 0.25) is 16.0 Å². The predicted molar refractivity (Wildman–Crippen MR) is 103 cm³/mol. The van der Waals surface area contributed by atoms with Gasteiger partial charge in [-0.15, -0.1) is 5.10 Å². The highest BCUT2D eigenvalue weighted by molar-refractivity contribution is 7.20. The normalized spacial score (nSPS) is 15.3. The molecule has 0 radical (unpaired) electrons. The number of nitrogens with one attached hydrogen (secondary N) is 2. The molecule has 0 unspecified atom stereocenters. The molecule has 3 aromatic rings. The minimum absolute atomic E-state index is 0.0890. The van der Waals surface area contributed by atoms with E-state index >= 15 is 0 Å². The van der Waals surface area contributed by atoms with E-state index < -0.39 is 0 Å². The van der Waals surface area contributed by atoms with E-state index in [1.807, 2.05) is 35.0 Å². The van der Waals surface area contributed by atoms with Crippen molar-refractivity contribution in [2.45, 2.75) is 19.8 Å². The molecule has 2 N–H and O–H groups in total. The first-order chi connectivity index (χ1) is 12.7. The van der Waals surface area contributed by atoms with Gasteiger partial charge in [-0.2, -0.15) is 0 Å². The Bertz CT molecular complexity index is 913. The third-order valence-corrected chi connectivity index (χ3v) is 5.33. The lowest BCUT2D eigenvalue weighted by atomic mass is 10.0. The highest BCUT2D eigenvalue weighted by atomic mass is 32.1. The summed E-state index contributed by atoms with van der Waals surface area (Å²) in [5.41, 5.74) is 2.63. The van der Waals surface area contributed by atoms with Gasteiger partial charge in [0.25, 0.3) is 0 Å². The van der Waals surface area contributed by atoms with Gasteiger partial charge >= 0.3 is 0 Å². The molecule has 136 valence electrons. The molecule has 26 heavy (non-hydrogen) atoms. The van der Waals surface area contributed by atoms with Gasteiger partial charge in [-0.3, -0.25) is 4.79 Å². The fourth-order valence-electron chi connectivity index (χ4n) is 3.10. The number of amides is 1. The summed E-state index contributed by atoms with van der Waals surface area (Å²) in [5, 5.41) is 11.8. The molecular weight excluding hydrogens is 350 g/mol. The summed E-state index contributed by atoms with van der Waals surface area (Å²) in [4.78, 5) is 16.6. The Labute approximate surface area is 155 Å². The minimum atomic E-state index is -0.0890. The topological polar surface area (TPSA) is 80.5 Å². The van der Waals surface area contributed by atoms with E-state index in [4.69, 9.17) is 4.74 Å². The summed E-state index contributed by atoms with van der Waals surface area (Å²) in [6.45, 7) is 4.11. The van der Waals surface area contributed by atoms with Crippen LogP contribution in [0.15, 0.2) is 30.5 Å². The smallest absolute Gasteiger partial charge is 0.221 e. The van der Waals surface area contributed by atoms with Crippen molar-refractivity contribution >= 4 is 33.0 Å². The minimum Gasteiger partial charge on any atom is -0.381 e. The quantitative estimate of drug-likeness (QED) is 0.720. The predicted octanol–water partition coefficient (Wildman–Crippen LogP) is 3.25. The number of anilines is 2. The van der Waals surface area contributed by atoms with Gasteiger partial charge in [0.1, 0.15) is 0 Å². The second kappa shape index (κ2) is 7.43. The molecule has 4 rings (SSSR count). The SMILES string of the molecule is CC(=O)Nc1cccc(-c2cnc3sc(NCC4CCOCC4)nn23)c1. The van der Waals surface area contributed by atoms with Crippen LogP contribution >= 0.6 is 11.3 Å². The third kappa shape index (κ3) is 3.71. The molecule has 0 atom stereocenters. The summed E-state index contributed by atoms with van der Waals surface area (Å²) < 4.78 is 7.26. The Balaban J connectivity index is 1.53. The largest absolute Gasteiger partial charge is 0.381 e. The van der Waals surface area contributed by atoms with Crippen molar-refractivity contribution in [1.82, 2.24) is 14.6 Å². The van der Waals surface area contributed by atoms with E-state index in [1.165, 1.54) is 6.92 Å². The molecule has 0 spiro atoms. The van der Waals surface area contributed by atoms with Crippen molar-refractivity contribution in [3.8, 4) is 11.3 Å². The van der Waals surface area contributed by atoms with Crippen LogP contribution < -0.4 is 10.6 Å². The number of benzene rings is 1. The first-order valence-electron chi connectivity index (χ1n) is 8.73.